The summed E-state index contributed by atoms with van der Waals surface area (Å²) in [5, 5.41) is 0. The first kappa shape index (κ1) is 18.6. The van der Waals surface area contributed by atoms with Gasteiger partial charge < -0.3 is 12.6 Å². The molecule has 6 nitrogen and oxygen atoms in total. The zero-order valence-electron chi connectivity index (χ0n) is 8.46. The van der Waals surface area contributed by atoms with Gasteiger partial charge in [0, 0.05) is 4.57 Å². The Hall–Kier alpha value is 2.81. The van der Waals surface area contributed by atoms with E-state index in [1.807, 2.05) is 0 Å². The predicted octanol–water partition coefficient (Wildman–Crippen LogP) is -5.91. The molecule has 10 heteroatoms. The summed E-state index contributed by atoms with van der Waals surface area (Å²) in [5.74, 6) is 0. The van der Waals surface area contributed by atoms with Crippen LogP contribution in [0.1, 0.15) is 4.28 Å². The Morgan fingerprint density at radius 1 is 1.60 bits per heavy atom. The third kappa shape index (κ3) is 17.1. The van der Waals surface area contributed by atoms with E-state index in [2.05, 4.69) is 4.31 Å². The summed E-state index contributed by atoms with van der Waals surface area (Å²) in [6.45, 7) is 0. The van der Waals surface area contributed by atoms with E-state index in [-0.39, 0.29) is 85.2 Å². The number of hydrogen-bond acceptors (Lipinski definition) is 3. The van der Waals surface area contributed by atoms with E-state index in [1.165, 1.54) is 0 Å². The van der Waals surface area contributed by atoms with E-state index < -0.39 is 16.1 Å². The molecule has 0 aromatic carbocycles. The van der Waals surface area contributed by atoms with Gasteiger partial charge in [-0.3, -0.25) is 0 Å². The van der Waals surface area contributed by atoms with Gasteiger partial charge in [-0.05, 0) is 4.31 Å². The van der Waals surface area contributed by atoms with Crippen LogP contribution in [0.2, 0.25) is 0 Å². The van der Waals surface area contributed by atoms with Crippen molar-refractivity contribution in [1.29, 1.82) is 0 Å². The van der Waals surface area contributed by atoms with E-state index in [0.717, 1.165) is 0 Å². The Morgan fingerprint density at radius 3 is 1.90 bits per heavy atom. The Morgan fingerprint density at radius 2 is 1.90 bits per heavy atom. The van der Waals surface area contributed by atoms with Crippen molar-refractivity contribution >= 4 is 16.1 Å². The molecule has 52 valence electrons. The van der Waals surface area contributed by atoms with Crippen LogP contribution in [0.25, 0.3) is 0 Å². The van der Waals surface area contributed by atoms with E-state index in [9.17, 15) is 9.13 Å². The maximum atomic E-state index is 9.57. The van der Waals surface area contributed by atoms with Gasteiger partial charge in [-0.25, -0.2) is 4.57 Å². The molecule has 10 heavy (non-hydrogen) atoms. The average Bonchev–Trinajstić information content (AvgIpc) is 1.21. The molecule has 0 fully saturated rings. The van der Waals surface area contributed by atoms with Gasteiger partial charge >= 0.3 is 98.4 Å². The fraction of sp³-hybridized carbons (Fsp3) is 0. The van der Waals surface area contributed by atoms with Crippen molar-refractivity contribution in [3.8, 4) is 0 Å². The van der Waals surface area contributed by atoms with Crippen LogP contribution in [0.5, 0.6) is 0 Å². The summed E-state index contributed by atoms with van der Waals surface area (Å²) in [6.07, 6.45) is 0. The summed E-state index contributed by atoms with van der Waals surface area (Å²) in [6, 6.07) is 0. The molecule has 0 heterocycles. The second-order valence-corrected chi connectivity index (χ2v) is 2.92. The van der Waals surface area contributed by atoms with Gasteiger partial charge in [0.15, 0.2) is 0 Å². The van der Waals surface area contributed by atoms with Crippen molar-refractivity contribution in [2.45, 2.75) is 0 Å². The van der Waals surface area contributed by atoms with Gasteiger partial charge in [0.05, 0.1) is 0 Å². The molecule has 0 aromatic rings. The Labute approximate surface area is 127 Å². The van der Waals surface area contributed by atoms with Gasteiger partial charge in [0.2, 0.25) is 0 Å². The monoisotopic (exact) mass is 226 g/mol. The van der Waals surface area contributed by atoms with Crippen LogP contribution in [0, 0.1) is 0 Å². The molecule has 0 bridgehead atoms. The van der Waals surface area contributed by atoms with E-state index >= 15 is 0 Å². The average molecular weight is 226 g/mol. The third-order valence-electron chi connectivity index (χ3n) is 0.176. The first-order chi connectivity index (χ1) is 3.42. The number of hydrogen-bond donors (Lipinski definition) is 3. The van der Waals surface area contributed by atoms with Crippen molar-refractivity contribution in [3.05, 3.63) is 0 Å². The van der Waals surface area contributed by atoms with Crippen molar-refractivity contribution in [2.24, 2.45) is 0 Å². The third-order valence-corrected chi connectivity index (χ3v) is 1.59. The SMILES string of the molecule is O=[P+](O)OP(=O)(O)O.[H+].[H-].[H-].[K+].[Na+]. The summed E-state index contributed by atoms with van der Waals surface area (Å²) in [5.41, 5.74) is 0. The molecule has 0 aliphatic carbocycles. The second kappa shape index (κ2) is 8.41. The van der Waals surface area contributed by atoms with E-state index in [0.29, 0.717) is 0 Å². The first-order valence-corrected chi connectivity index (χ1v) is 3.99. The molecule has 0 aliphatic heterocycles. The molecule has 0 saturated carbocycles. The zero-order valence-corrected chi connectivity index (χ0v) is 12.4. The van der Waals surface area contributed by atoms with Gasteiger partial charge in [0.1, 0.15) is 0 Å². The minimum absolute atomic E-state index is 0. The molecule has 0 rings (SSSR count). The molecular weight excluding hydrogens is 220 g/mol. The molecule has 0 amide bonds. The van der Waals surface area contributed by atoms with Crippen LogP contribution in [-0.4, -0.2) is 14.7 Å². The van der Waals surface area contributed by atoms with Crippen molar-refractivity contribution in [2.75, 3.05) is 0 Å². The van der Waals surface area contributed by atoms with Crippen LogP contribution >= 0.6 is 16.1 Å². The molecule has 0 spiro atoms. The number of phosphoric acid groups is 1. The van der Waals surface area contributed by atoms with Gasteiger partial charge in [-0.2, -0.15) is 0 Å². The normalized spacial score (nSPS) is 10.9. The summed E-state index contributed by atoms with van der Waals surface area (Å²) in [7, 11) is -7.96. The maximum absolute atomic E-state index is 9.57. The molecule has 0 saturated heterocycles. The zero-order chi connectivity index (χ0) is 6.78. The minimum Gasteiger partial charge on any atom is -1.00 e. The molecule has 0 aliphatic rings. The second-order valence-electron chi connectivity index (χ2n) is 0.810. The van der Waals surface area contributed by atoms with Gasteiger partial charge in [-0.15, -0.1) is 4.89 Å². The summed E-state index contributed by atoms with van der Waals surface area (Å²) < 4.78 is 22.2. The van der Waals surface area contributed by atoms with Crippen molar-refractivity contribution in [1.82, 2.24) is 0 Å². The minimum atomic E-state index is -4.76. The molecule has 1 atom stereocenters. The molecule has 0 radical (unpaired) electrons. The molecule has 0 aromatic heterocycles. The van der Waals surface area contributed by atoms with Crippen LogP contribution in [-0.2, 0) is 13.4 Å². The van der Waals surface area contributed by atoms with Crippen molar-refractivity contribution in [3.63, 3.8) is 0 Å². The Balaban J connectivity index is -0.0000000245. The van der Waals surface area contributed by atoms with E-state index in [1.54, 1.807) is 0 Å². The quantitative estimate of drug-likeness (QED) is 0.320. The Bertz CT molecular complexity index is 149. The van der Waals surface area contributed by atoms with Gasteiger partial charge in [-0.1, -0.05) is 0 Å². The van der Waals surface area contributed by atoms with Crippen LogP contribution < -0.4 is 80.9 Å². The summed E-state index contributed by atoms with van der Waals surface area (Å²) >= 11 is 0. The topological polar surface area (TPSA) is 104 Å². The number of rotatable bonds is 2. The van der Waals surface area contributed by atoms with E-state index in [4.69, 9.17) is 14.7 Å². The largest absolute Gasteiger partial charge is 1.00 e. The smallest absolute Gasteiger partial charge is 1.00 e. The molecule has 1 unspecified atom stereocenters. The van der Waals surface area contributed by atoms with Crippen LogP contribution in [0.4, 0.5) is 0 Å². The van der Waals surface area contributed by atoms with Gasteiger partial charge in [0.25, 0.3) is 0 Å². The summed E-state index contributed by atoms with van der Waals surface area (Å²) in [4.78, 5) is 23.1. The predicted molar refractivity (Wildman–Crippen MR) is 26.3 cm³/mol. The Kier molecular flexibility index (Phi) is 15.6. The molecular formula is H6KNaO6P2+2. The standard InChI is InChI=1S/K.Na.H2O6P2.2H/c;;1-7(2)6-8(3,4)5;;/h;;(H2-,1,2,3,4,5);;/q2*+1;;2*-1/p+2. The van der Waals surface area contributed by atoms with Crippen LogP contribution in [0.3, 0.4) is 0 Å². The van der Waals surface area contributed by atoms with Crippen LogP contribution in [0.15, 0.2) is 0 Å². The molecule has 3 N–H and O–H groups in total. The first-order valence-electron chi connectivity index (χ1n) is 1.33. The fourth-order valence-corrected chi connectivity index (χ4v) is 0.819. The van der Waals surface area contributed by atoms with Crippen molar-refractivity contribution < 1.29 is 113 Å². The fourth-order valence-electron chi connectivity index (χ4n) is 0.0910. The maximum Gasteiger partial charge on any atom is 1.00 e.